The second-order valence-corrected chi connectivity index (χ2v) is 11.4. The van der Waals surface area contributed by atoms with Gasteiger partial charge in [-0.3, -0.25) is 9.78 Å². The lowest BCUT2D eigenvalue weighted by Crippen LogP contribution is -2.52. The van der Waals surface area contributed by atoms with Crippen LogP contribution in [0.25, 0.3) is 21.9 Å². The van der Waals surface area contributed by atoms with E-state index in [0.717, 1.165) is 48.0 Å². The number of carbonyl (C=O) groups is 1. The average molecular weight is 505 g/mol. The van der Waals surface area contributed by atoms with Gasteiger partial charge in [-0.05, 0) is 43.2 Å². The Kier molecular flexibility index (Phi) is 5.89. The number of fused-ring (bicyclic) bond motifs is 3. The third kappa shape index (κ3) is 4.12. The minimum atomic E-state index is -3.68. The van der Waals surface area contributed by atoms with Crippen LogP contribution < -0.4 is 4.90 Å². The van der Waals surface area contributed by atoms with Gasteiger partial charge >= 0.3 is 0 Å². The van der Waals surface area contributed by atoms with Crippen LogP contribution in [0.4, 0.5) is 5.69 Å². The van der Waals surface area contributed by atoms with Crippen molar-refractivity contribution in [3.63, 3.8) is 0 Å². The second kappa shape index (κ2) is 9.22. The van der Waals surface area contributed by atoms with Crippen LogP contribution in [0.15, 0.2) is 76.3 Å². The number of aromatic nitrogens is 1. The van der Waals surface area contributed by atoms with Crippen molar-refractivity contribution in [1.82, 2.24) is 14.2 Å². The number of para-hydroxylation sites is 1. The first-order valence-corrected chi connectivity index (χ1v) is 13.8. The Labute approximate surface area is 210 Å². The van der Waals surface area contributed by atoms with Gasteiger partial charge in [-0.25, -0.2) is 8.42 Å². The first-order chi connectivity index (χ1) is 17.5. The first-order valence-electron chi connectivity index (χ1n) is 12.4. The van der Waals surface area contributed by atoms with Crippen molar-refractivity contribution < 1.29 is 17.6 Å². The molecule has 0 unspecified atom stereocenters. The number of anilines is 1. The molecular weight excluding hydrogens is 476 g/mol. The molecule has 36 heavy (non-hydrogen) atoms. The summed E-state index contributed by atoms with van der Waals surface area (Å²) in [5.41, 5.74) is 2.43. The molecule has 0 atom stereocenters. The number of sulfonamides is 1. The fraction of sp³-hybridized carbons (Fsp3) is 0.333. The van der Waals surface area contributed by atoms with Crippen LogP contribution >= 0.6 is 0 Å². The standard InChI is InChI=1S/C27H28N4O4S/c32-27(20-9-13-29(14-10-20)21-7-11-28-12-8-21)30-15-17-31(18-16-30)36(33,34)22-5-6-24-23-3-1-2-4-25(23)35-26(24)19-22/h1-8,11-12,19-20H,9-10,13-18H2. The van der Waals surface area contributed by atoms with Crippen molar-refractivity contribution in [3.8, 4) is 0 Å². The van der Waals surface area contributed by atoms with Crippen LogP contribution in [0.2, 0.25) is 0 Å². The van der Waals surface area contributed by atoms with Crippen LogP contribution in [0, 0.1) is 5.92 Å². The third-order valence-electron chi connectivity index (χ3n) is 7.41. The Balaban J connectivity index is 1.09. The van der Waals surface area contributed by atoms with Crippen LogP contribution in [0.1, 0.15) is 12.8 Å². The summed E-state index contributed by atoms with van der Waals surface area (Å²) in [5, 5.41) is 1.87. The lowest BCUT2D eigenvalue weighted by atomic mass is 9.94. The van der Waals surface area contributed by atoms with Crippen LogP contribution in [-0.2, 0) is 14.8 Å². The van der Waals surface area contributed by atoms with Crippen molar-refractivity contribution in [3.05, 3.63) is 67.0 Å². The molecule has 9 heteroatoms. The predicted molar refractivity (Wildman–Crippen MR) is 138 cm³/mol. The molecular formula is C27H28N4O4S. The number of piperazine rings is 1. The van der Waals surface area contributed by atoms with Crippen molar-refractivity contribution in [2.45, 2.75) is 17.7 Å². The number of furan rings is 1. The number of rotatable bonds is 4. The summed E-state index contributed by atoms with van der Waals surface area (Å²) in [6, 6.07) is 16.7. The molecule has 0 saturated carbocycles. The Morgan fingerprint density at radius 1 is 0.833 bits per heavy atom. The van der Waals surface area contributed by atoms with E-state index in [1.54, 1.807) is 24.5 Å². The van der Waals surface area contributed by atoms with Gasteiger partial charge < -0.3 is 14.2 Å². The van der Waals surface area contributed by atoms with Crippen molar-refractivity contribution >= 4 is 43.6 Å². The molecule has 8 nitrogen and oxygen atoms in total. The molecule has 1 amide bonds. The summed E-state index contributed by atoms with van der Waals surface area (Å²) in [6.07, 6.45) is 5.18. The van der Waals surface area contributed by atoms with Gasteiger partial charge in [0.25, 0.3) is 0 Å². The number of hydrogen-bond donors (Lipinski definition) is 0. The summed E-state index contributed by atoms with van der Waals surface area (Å²) >= 11 is 0. The van der Waals surface area contributed by atoms with Crippen LogP contribution in [-0.4, -0.2) is 67.8 Å². The largest absolute Gasteiger partial charge is 0.456 e. The molecule has 6 rings (SSSR count). The fourth-order valence-corrected chi connectivity index (χ4v) is 6.80. The summed E-state index contributed by atoms with van der Waals surface area (Å²) in [5.74, 6) is 0.131. The molecule has 0 N–H and O–H groups in total. The highest BCUT2D eigenvalue weighted by Gasteiger charge is 2.34. The van der Waals surface area contributed by atoms with Gasteiger partial charge in [0.15, 0.2) is 0 Å². The lowest BCUT2D eigenvalue weighted by molar-refractivity contribution is -0.137. The van der Waals surface area contributed by atoms with E-state index in [9.17, 15) is 13.2 Å². The minimum Gasteiger partial charge on any atom is -0.456 e. The molecule has 2 fully saturated rings. The molecule has 4 heterocycles. The maximum atomic E-state index is 13.4. The van der Waals surface area contributed by atoms with E-state index in [4.69, 9.17) is 4.42 Å². The second-order valence-electron chi connectivity index (χ2n) is 9.45. The van der Waals surface area contributed by atoms with Gasteiger partial charge in [-0.2, -0.15) is 4.31 Å². The van der Waals surface area contributed by atoms with Gasteiger partial charge in [-0.1, -0.05) is 18.2 Å². The number of carbonyl (C=O) groups excluding carboxylic acids is 1. The van der Waals surface area contributed by atoms with E-state index in [-0.39, 0.29) is 16.7 Å². The number of pyridine rings is 1. The molecule has 4 aromatic rings. The molecule has 2 aliphatic rings. The predicted octanol–water partition coefficient (Wildman–Crippen LogP) is 3.73. The Hall–Kier alpha value is -3.43. The van der Waals surface area contributed by atoms with Gasteiger partial charge in [-0.15, -0.1) is 0 Å². The summed E-state index contributed by atoms with van der Waals surface area (Å²) in [7, 11) is -3.68. The van der Waals surface area contributed by atoms with E-state index in [0.29, 0.717) is 31.8 Å². The van der Waals surface area contributed by atoms with E-state index >= 15 is 0 Å². The number of nitrogens with zero attached hydrogens (tertiary/aromatic N) is 4. The topological polar surface area (TPSA) is 87.0 Å². The summed E-state index contributed by atoms with van der Waals surface area (Å²) < 4.78 is 34.1. The molecule has 0 aliphatic carbocycles. The summed E-state index contributed by atoms with van der Waals surface area (Å²) in [6.45, 7) is 3.08. The molecule has 2 saturated heterocycles. The number of piperidine rings is 1. The van der Waals surface area contributed by atoms with E-state index < -0.39 is 10.0 Å². The summed E-state index contributed by atoms with van der Waals surface area (Å²) in [4.78, 5) is 21.6. The number of amides is 1. The van der Waals surface area contributed by atoms with Gasteiger partial charge in [0.05, 0.1) is 4.90 Å². The Bertz CT molecular complexity index is 1500. The highest BCUT2D eigenvalue weighted by atomic mass is 32.2. The molecule has 2 aromatic carbocycles. The lowest BCUT2D eigenvalue weighted by Gasteiger charge is -2.38. The number of hydrogen-bond acceptors (Lipinski definition) is 6. The van der Waals surface area contributed by atoms with Gasteiger partial charge in [0, 0.05) is 80.1 Å². The van der Waals surface area contributed by atoms with Gasteiger partial charge in [0.1, 0.15) is 11.2 Å². The molecule has 0 spiro atoms. The maximum Gasteiger partial charge on any atom is 0.243 e. The third-order valence-corrected chi connectivity index (χ3v) is 9.31. The van der Waals surface area contributed by atoms with E-state index in [2.05, 4.69) is 9.88 Å². The molecule has 0 radical (unpaired) electrons. The van der Waals surface area contributed by atoms with Gasteiger partial charge in [0.2, 0.25) is 15.9 Å². The monoisotopic (exact) mass is 504 g/mol. The highest BCUT2D eigenvalue weighted by molar-refractivity contribution is 7.89. The van der Waals surface area contributed by atoms with Crippen LogP contribution in [0.5, 0.6) is 0 Å². The first kappa shape index (κ1) is 23.0. The van der Waals surface area contributed by atoms with E-state index in [1.807, 2.05) is 47.4 Å². The highest BCUT2D eigenvalue weighted by Crippen LogP contribution is 2.31. The normalized spacial score (nSPS) is 18.2. The smallest absolute Gasteiger partial charge is 0.243 e. The zero-order valence-corrected chi connectivity index (χ0v) is 20.7. The fourth-order valence-electron chi connectivity index (χ4n) is 5.36. The molecule has 186 valence electrons. The average Bonchev–Trinajstić information content (AvgIpc) is 3.31. The van der Waals surface area contributed by atoms with Crippen LogP contribution in [0.3, 0.4) is 0 Å². The number of benzene rings is 2. The maximum absolute atomic E-state index is 13.4. The quantitative estimate of drug-likeness (QED) is 0.421. The van der Waals surface area contributed by atoms with Crippen molar-refractivity contribution in [1.29, 1.82) is 0 Å². The molecule has 2 aromatic heterocycles. The van der Waals surface area contributed by atoms with Crippen molar-refractivity contribution in [2.24, 2.45) is 5.92 Å². The zero-order chi connectivity index (χ0) is 24.7. The molecule has 2 aliphatic heterocycles. The zero-order valence-electron chi connectivity index (χ0n) is 19.9. The Morgan fingerprint density at radius 3 is 2.28 bits per heavy atom. The van der Waals surface area contributed by atoms with Crippen molar-refractivity contribution in [2.75, 3.05) is 44.2 Å². The van der Waals surface area contributed by atoms with E-state index in [1.165, 1.54) is 4.31 Å². The Morgan fingerprint density at radius 2 is 1.53 bits per heavy atom. The molecule has 0 bridgehead atoms. The SMILES string of the molecule is O=C(C1CCN(c2ccncc2)CC1)N1CCN(S(=O)(=O)c2ccc3c(c2)oc2ccccc23)CC1. The minimum absolute atomic E-state index is 0.0123.